The Bertz CT molecular complexity index is 1220. The number of hydrogen-bond donors (Lipinski definition) is 1. The van der Waals surface area contributed by atoms with Gasteiger partial charge in [-0.1, -0.05) is 24.3 Å². The lowest BCUT2D eigenvalue weighted by molar-refractivity contribution is 0.394. The van der Waals surface area contributed by atoms with Gasteiger partial charge in [0.15, 0.2) is 0 Å². The molecule has 0 saturated heterocycles. The largest absolute Gasteiger partial charge is 0.495 e. The molecule has 1 N–H and O–H groups in total. The molecule has 152 valence electrons. The predicted molar refractivity (Wildman–Crippen MR) is 117 cm³/mol. The lowest BCUT2D eigenvalue weighted by Crippen LogP contribution is -2.35. The molecule has 0 saturated carbocycles. The molecule has 1 aromatic heterocycles. The molecule has 0 atom stereocenters. The molecule has 0 amide bonds. The molecule has 2 aromatic carbocycles. The summed E-state index contributed by atoms with van der Waals surface area (Å²) in [5, 5.41) is 1.18. The molecule has 5 nitrogen and oxygen atoms in total. The van der Waals surface area contributed by atoms with Gasteiger partial charge in [0.25, 0.3) is 0 Å². The maximum Gasteiger partial charge on any atom is 0.247 e. The quantitative estimate of drug-likeness (QED) is 0.685. The van der Waals surface area contributed by atoms with E-state index in [9.17, 15) is 8.42 Å². The van der Waals surface area contributed by atoms with Crippen molar-refractivity contribution in [1.82, 2.24) is 9.29 Å². The van der Waals surface area contributed by atoms with Crippen molar-refractivity contribution in [2.24, 2.45) is 0 Å². The molecule has 0 aliphatic carbocycles. The number of methoxy groups -OCH3 is 1. The number of sulfonamides is 1. The van der Waals surface area contributed by atoms with Crippen LogP contribution in [0.4, 0.5) is 0 Å². The summed E-state index contributed by atoms with van der Waals surface area (Å²) in [6.07, 6.45) is 4.73. The van der Waals surface area contributed by atoms with Gasteiger partial charge in [-0.2, -0.15) is 4.31 Å². The van der Waals surface area contributed by atoms with E-state index in [0.29, 0.717) is 25.3 Å². The monoisotopic (exact) mass is 410 g/mol. The highest BCUT2D eigenvalue weighted by molar-refractivity contribution is 7.89. The number of fused-ring (bicyclic) bond motifs is 1. The van der Waals surface area contributed by atoms with Crippen LogP contribution >= 0.6 is 0 Å². The second-order valence-electron chi connectivity index (χ2n) is 7.63. The van der Waals surface area contributed by atoms with Crippen LogP contribution in [0.25, 0.3) is 16.5 Å². The van der Waals surface area contributed by atoms with Crippen molar-refractivity contribution in [2.75, 3.05) is 20.2 Å². The zero-order valence-electron chi connectivity index (χ0n) is 17.2. The number of ether oxygens (including phenoxy) is 1. The van der Waals surface area contributed by atoms with E-state index in [2.05, 4.69) is 30.1 Å². The maximum absolute atomic E-state index is 13.3. The van der Waals surface area contributed by atoms with Crippen LogP contribution in [0.15, 0.2) is 47.5 Å². The maximum atomic E-state index is 13.3. The lowest BCUT2D eigenvalue weighted by atomic mass is 9.99. The Kier molecular flexibility index (Phi) is 5.00. The van der Waals surface area contributed by atoms with E-state index in [4.69, 9.17) is 4.74 Å². The SMILES string of the molecule is COc1cc(C)c(C)cc1S(=O)(=O)N1CC=C(c2c[nH]c3c(C)cccc23)CC1. The summed E-state index contributed by atoms with van der Waals surface area (Å²) in [6.45, 7) is 6.76. The molecule has 0 spiro atoms. The number of aryl methyl sites for hydroxylation is 3. The van der Waals surface area contributed by atoms with Gasteiger partial charge in [-0.05, 0) is 61.6 Å². The first-order valence-electron chi connectivity index (χ1n) is 9.74. The first kappa shape index (κ1) is 19.7. The lowest BCUT2D eigenvalue weighted by Gasteiger charge is -2.27. The fourth-order valence-electron chi connectivity index (χ4n) is 3.95. The molecule has 0 fully saturated rings. The first-order chi connectivity index (χ1) is 13.8. The van der Waals surface area contributed by atoms with Gasteiger partial charge < -0.3 is 9.72 Å². The molecule has 2 heterocycles. The average Bonchev–Trinajstić information content (AvgIpc) is 3.15. The minimum atomic E-state index is -3.63. The Morgan fingerprint density at radius 2 is 1.83 bits per heavy atom. The van der Waals surface area contributed by atoms with Crippen molar-refractivity contribution in [3.8, 4) is 5.75 Å². The van der Waals surface area contributed by atoms with E-state index < -0.39 is 10.0 Å². The number of aromatic nitrogens is 1. The molecule has 1 aliphatic heterocycles. The van der Waals surface area contributed by atoms with Crippen molar-refractivity contribution < 1.29 is 13.2 Å². The highest BCUT2D eigenvalue weighted by atomic mass is 32.2. The number of nitrogens with one attached hydrogen (secondary N) is 1. The van der Waals surface area contributed by atoms with Crippen LogP contribution < -0.4 is 4.74 Å². The molecule has 1 aliphatic rings. The second-order valence-corrected chi connectivity index (χ2v) is 9.54. The van der Waals surface area contributed by atoms with Gasteiger partial charge in [-0.25, -0.2) is 8.42 Å². The smallest absolute Gasteiger partial charge is 0.247 e. The highest BCUT2D eigenvalue weighted by Gasteiger charge is 2.30. The van der Waals surface area contributed by atoms with Crippen LogP contribution in [-0.4, -0.2) is 37.9 Å². The standard InChI is InChI=1S/C23H26N2O3S/c1-15-6-5-7-19-20(14-24-23(15)19)18-8-10-25(11-9-18)29(26,27)22-13-17(3)16(2)12-21(22)28-4/h5-8,12-14,24H,9-11H2,1-4H3. The fourth-order valence-corrected chi connectivity index (χ4v) is 5.55. The van der Waals surface area contributed by atoms with Crippen LogP contribution in [0.5, 0.6) is 5.75 Å². The number of aromatic amines is 1. The van der Waals surface area contributed by atoms with Gasteiger partial charge in [-0.3, -0.25) is 0 Å². The molecule has 0 unspecified atom stereocenters. The molecule has 6 heteroatoms. The topological polar surface area (TPSA) is 62.4 Å². The summed E-state index contributed by atoms with van der Waals surface area (Å²) >= 11 is 0. The highest BCUT2D eigenvalue weighted by Crippen LogP contribution is 2.34. The number of benzene rings is 2. The Hall–Kier alpha value is -2.57. The Balaban J connectivity index is 1.66. The van der Waals surface area contributed by atoms with Crippen molar-refractivity contribution >= 4 is 26.5 Å². The van der Waals surface area contributed by atoms with Gasteiger partial charge in [0.05, 0.1) is 7.11 Å². The Labute approximate surface area is 172 Å². The summed E-state index contributed by atoms with van der Waals surface area (Å²) < 4.78 is 33.5. The van der Waals surface area contributed by atoms with Crippen LogP contribution in [0.2, 0.25) is 0 Å². The third-order valence-corrected chi connectivity index (χ3v) is 7.73. The molecule has 4 rings (SSSR count). The molecule has 0 bridgehead atoms. The predicted octanol–water partition coefficient (Wildman–Crippen LogP) is 4.58. The van der Waals surface area contributed by atoms with Gasteiger partial charge in [0.1, 0.15) is 10.6 Å². The minimum absolute atomic E-state index is 0.239. The van der Waals surface area contributed by atoms with Gasteiger partial charge in [0, 0.05) is 35.8 Å². The summed E-state index contributed by atoms with van der Waals surface area (Å²) in [6, 6.07) is 9.76. The first-order valence-corrected chi connectivity index (χ1v) is 11.2. The van der Waals surface area contributed by atoms with Crippen molar-refractivity contribution in [1.29, 1.82) is 0 Å². The molecule has 0 radical (unpaired) electrons. The number of nitrogens with zero attached hydrogens (tertiary/aromatic N) is 1. The van der Waals surface area contributed by atoms with Crippen LogP contribution in [0.1, 0.15) is 28.7 Å². The van der Waals surface area contributed by atoms with E-state index in [1.165, 1.54) is 27.9 Å². The summed E-state index contributed by atoms with van der Waals surface area (Å²) in [4.78, 5) is 3.60. The number of rotatable bonds is 4. The number of H-pyrrole nitrogens is 1. The van der Waals surface area contributed by atoms with Gasteiger partial charge >= 0.3 is 0 Å². The number of para-hydroxylation sites is 1. The zero-order valence-corrected chi connectivity index (χ0v) is 18.1. The van der Waals surface area contributed by atoms with Crippen molar-refractivity contribution in [3.63, 3.8) is 0 Å². The van der Waals surface area contributed by atoms with Crippen LogP contribution in [-0.2, 0) is 10.0 Å². The summed E-state index contributed by atoms with van der Waals surface area (Å²) in [5.41, 5.74) is 6.63. The molecule has 29 heavy (non-hydrogen) atoms. The van der Waals surface area contributed by atoms with Crippen molar-refractivity contribution in [2.45, 2.75) is 32.1 Å². The normalized spacial score (nSPS) is 15.5. The van der Waals surface area contributed by atoms with E-state index in [1.54, 1.807) is 12.1 Å². The number of hydrogen-bond acceptors (Lipinski definition) is 3. The van der Waals surface area contributed by atoms with Crippen molar-refractivity contribution in [3.05, 3.63) is 64.9 Å². The third kappa shape index (κ3) is 3.36. The molecular weight excluding hydrogens is 384 g/mol. The van der Waals surface area contributed by atoms with Crippen LogP contribution in [0, 0.1) is 20.8 Å². The van der Waals surface area contributed by atoms with E-state index >= 15 is 0 Å². The Morgan fingerprint density at radius 1 is 1.07 bits per heavy atom. The molecular formula is C23H26N2O3S. The zero-order chi connectivity index (χ0) is 20.8. The summed E-state index contributed by atoms with van der Waals surface area (Å²) in [7, 11) is -2.12. The summed E-state index contributed by atoms with van der Waals surface area (Å²) in [5.74, 6) is 0.398. The van der Waals surface area contributed by atoms with Gasteiger partial charge in [0.2, 0.25) is 10.0 Å². The van der Waals surface area contributed by atoms with Crippen LogP contribution in [0.3, 0.4) is 0 Å². The Morgan fingerprint density at radius 3 is 2.52 bits per heavy atom. The van der Waals surface area contributed by atoms with E-state index in [-0.39, 0.29) is 4.90 Å². The second kappa shape index (κ2) is 7.35. The van der Waals surface area contributed by atoms with Gasteiger partial charge in [-0.15, -0.1) is 0 Å². The third-order valence-electron chi connectivity index (χ3n) is 5.84. The van der Waals surface area contributed by atoms with E-state index in [0.717, 1.165) is 22.2 Å². The minimum Gasteiger partial charge on any atom is -0.495 e. The van der Waals surface area contributed by atoms with E-state index in [1.807, 2.05) is 26.1 Å². The fraction of sp³-hybridized carbons (Fsp3) is 0.304. The molecule has 3 aromatic rings. The average molecular weight is 411 g/mol.